The first kappa shape index (κ1) is 45.7. The molecule has 0 fully saturated rings. The number of aliphatic hydroxyl groups is 2. The van der Waals surface area contributed by atoms with Crippen molar-refractivity contribution < 1.29 is 47.8 Å². The fourth-order valence-electron chi connectivity index (χ4n) is 5.05. The van der Waals surface area contributed by atoms with E-state index in [9.17, 15) is 29.3 Å². The van der Waals surface area contributed by atoms with Crippen molar-refractivity contribution in [1.29, 1.82) is 0 Å². The van der Waals surface area contributed by atoms with Crippen LogP contribution in [0.5, 0.6) is 0 Å². The summed E-state index contributed by atoms with van der Waals surface area (Å²) in [6, 6.07) is 0. The van der Waals surface area contributed by atoms with Crippen molar-refractivity contribution in [1.82, 2.24) is 0 Å². The topological polar surface area (TPSA) is 149 Å². The molecule has 0 aromatic heterocycles. The third kappa shape index (κ3) is 31.7. The van der Waals surface area contributed by atoms with Gasteiger partial charge in [-0.25, -0.2) is 4.57 Å². The van der Waals surface area contributed by atoms with E-state index in [1.54, 1.807) is 0 Å². The Morgan fingerprint density at radius 1 is 0.553 bits per heavy atom. The Morgan fingerprint density at radius 2 is 0.872 bits per heavy atom. The van der Waals surface area contributed by atoms with Crippen LogP contribution in [0.1, 0.15) is 168 Å². The monoisotopic (exact) mass is 692 g/mol. The second kappa shape index (κ2) is 33.2. The number of carbonyl (C=O) groups excluding carboxylic acids is 2. The highest BCUT2D eigenvalue weighted by Crippen LogP contribution is 2.43. The molecule has 0 saturated carbocycles. The van der Waals surface area contributed by atoms with Gasteiger partial charge in [0.15, 0.2) is 0 Å². The molecule has 11 heteroatoms. The van der Waals surface area contributed by atoms with Crippen LogP contribution in [-0.2, 0) is 32.7 Å². The smallest absolute Gasteiger partial charge is 0.457 e. The van der Waals surface area contributed by atoms with Crippen molar-refractivity contribution in [2.24, 2.45) is 0 Å². The zero-order chi connectivity index (χ0) is 34.9. The maximum absolute atomic E-state index is 12.3. The number of hydrogen-bond donors (Lipinski definition) is 3. The summed E-state index contributed by atoms with van der Waals surface area (Å²) in [5, 5.41) is 19.0. The van der Waals surface area contributed by atoms with E-state index in [0.717, 1.165) is 57.8 Å². The van der Waals surface area contributed by atoms with E-state index in [1.807, 2.05) is 0 Å². The van der Waals surface area contributed by atoms with Crippen LogP contribution in [-0.4, -0.2) is 65.7 Å². The normalized spacial score (nSPS) is 14.2. The molecule has 3 N–H and O–H groups in total. The highest BCUT2D eigenvalue weighted by atomic mass is 31.2. The average Bonchev–Trinajstić information content (AvgIpc) is 3.05. The summed E-state index contributed by atoms with van der Waals surface area (Å²) >= 11 is 0. The van der Waals surface area contributed by atoms with Crippen LogP contribution in [0.15, 0.2) is 12.2 Å². The number of hydrogen-bond acceptors (Lipinski definition) is 9. The first-order chi connectivity index (χ1) is 22.8. The van der Waals surface area contributed by atoms with Gasteiger partial charge in [-0.1, -0.05) is 129 Å². The fourth-order valence-corrected chi connectivity index (χ4v) is 5.83. The molecular formula is C36H69O10P. The van der Waals surface area contributed by atoms with Crippen molar-refractivity contribution in [3.8, 4) is 0 Å². The SMILES string of the molecule is CCCCCCC/C=C\CCCCCCCC(=O)OC(CO)COP(=O)(O)OCC(CO)OC(=O)CCCCCCCCCCCC. The van der Waals surface area contributed by atoms with Gasteiger partial charge in [0.1, 0.15) is 12.2 Å². The highest BCUT2D eigenvalue weighted by molar-refractivity contribution is 7.47. The Kier molecular flexibility index (Phi) is 32.3. The van der Waals surface area contributed by atoms with Crippen LogP contribution >= 0.6 is 7.82 Å². The molecule has 0 aliphatic heterocycles. The number of aliphatic hydroxyl groups excluding tert-OH is 2. The van der Waals surface area contributed by atoms with E-state index in [2.05, 4.69) is 26.0 Å². The Hall–Kier alpha value is -1.29. The lowest BCUT2D eigenvalue weighted by molar-refractivity contribution is -0.153. The van der Waals surface area contributed by atoms with Crippen LogP contribution in [0.25, 0.3) is 0 Å². The number of carbonyl (C=O) groups is 2. The number of unbranched alkanes of at least 4 members (excludes halogenated alkanes) is 19. The molecule has 3 unspecified atom stereocenters. The average molecular weight is 693 g/mol. The lowest BCUT2D eigenvalue weighted by atomic mass is 10.1. The predicted octanol–water partition coefficient (Wildman–Crippen LogP) is 8.89. The summed E-state index contributed by atoms with van der Waals surface area (Å²) < 4.78 is 32.4. The van der Waals surface area contributed by atoms with Crippen molar-refractivity contribution in [3.05, 3.63) is 12.2 Å². The molecule has 0 aromatic rings. The van der Waals surface area contributed by atoms with Gasteiger partial charge >= 0.3 is 19.8 Å². The van der Waals surface area contributed by atoms with Crippen molar-refractivity contribution in [2.75, 3.05) is 26.4 Å². The summed E-state index contributed by atoms with van der Waals surface area (Å²) in [6.07, 6.45) is 27.6. The molecule has 10 nitrogen and oxygen atoms in total. The second-order valence-corrected chi connectivity index (χ2v) is 14.0. The third-order valence-corrected chi connectivity index (χ3v) is 8.93. The van der Waals surface area contributed by atoms with Crippen molar-refractivity contribution >= 4 is 19.8 Å². The molecule has 278 valence electrons. The zero-order valence-electron chi connectivity index (χ0n) is 29.8. The van der Waals surface area contributed by atoms with Gasteiger partial charge in [-0.3, -0.25) is 18.6 Å². The van der Waals surface area contributed by atoms with Gasteiger partial charge in [0.25, 0.3) is 0 Å². The number of allylic oxidation sites excluding steroid dienone is 2. The molecule has 0 spiro atoms. The molecule has 0 aromatic carbocycles. The minimum atomic E-state index is -4.62. The van der Waals surface area contributed by atoms with E-state index >= 15 is 0 Å². The van der Waals surface area contributed by atoms with E-state index in [0.29, 0.717) is 12.8 Å². The summed E-state index contributed by atoms with van der Waals surface area (Å²) in [5.41, 5.74) is 0. The Morgan fingerprint density at radius 3 is 1.21 bits per heavy atom. The minimum Gasteiger partial charge on any atom is -0.457 e. The summed E-state index contributed by atoms with van der Waals surface area (Å²) in [4.78, 5) is 34.3. The first-order valence-corrected chi connectivity index (χ1v) is 20.1. The molecule has 3 atom stereocenters. The van der Waals surface area contributed by atoms with Crippen LogP contribution in [0, 0.1) is 0 Å². The molecule has 0 heterocycles. The van der Waals surface area contributed by atoms with Crippen LogP contribution in [0.4, 0.5) is 0 Å². The summed E-state index contributed by atoms with van der Waals surface area (Å²) in [5.74, 6) is -1.03. The zero-order valence-corrected chi connectivity index (χ0v) is 30.6. The van der Waals surface area contributed by atoms with Crippen LogP contribution < -0.4 is 0 Å². The molecule has 0 aliphatic carbocycles. The minimum absolute atomic E-state index is 0.185. The number of phosphoric ester groups is 1. The van der Waals surface area contributed by atoms with E-state index < -0.39 is 58.4 Å². The van der Waals surface area contributed by atoms with E-state index in [4.69, 9.17) is 18.5 Å². The fraction of sp³-hybridized carbons (Fsp3) is 0.889. The first-order valence-electron chi connectivity index (χ1n) is 18.6. The lowest BCUT2D eigenvalue weighted by Crippen LogP contribution is -2.28. The van der Waals surface area contributed by atoms with Gasteiger partial charge < -0.3 is 24.6 Å². The molecule has 0 bridgehead atoms. The highest BCUT2D eigenvalue weighted by Gasteiger charge is 2.27. The van der Waals surface area contributed by atoms with Gasteiger partial charge in [-0.15, -0.1) is 0 Å². The van der Waals surface area contributed by atoms with Gasteiger partial charge in [0.05, 0.1) is 26.4 Å². The van der Waals surface area contributed by atoms with E-state index in [1.165, 1.54) is 70.6 Å². The van der Waals surface area contributed by atoms with Crippen LogP contribution in [0.3, 0.4) is 0 Å². The van der Waals surface area contributed by atoms with Gasteiger partial charge in [0.2, 0.25) is 0 Å². The summed E-state index contributed by atoms with van der Waals surface area (Å²) in [6.45, 7) is 2.16. The molecule has 47 heavy (non-hydrogen) atoms. The quantitative estimate of drug-likeness (QED) is 0.0254. The van der Waals surface area contributed by atoms with Crippen molar-refractivity contribution in [2.45, 2.75) is 180 Å². The van der Waals surface area contributed by atoms with Crippen molar-refractivity contribution in [3.63, 3.8) is 0 Å². The van der Waals surface area contributed by atoms with Gasteiger partial charge in [-0.05, 0) is 38.5 Å². The van der Waals surface area contributed by atoms with Gasteiger partial charge in [-0.2, -0.15) is 0 Å². The standard InChI is InChI=1S/C36H69O10P/c1-3-5-7-9-11-13-15-16-17-18-20-22-24-26-28-36(40)46-34(30-38)32-44-47(41,42)43-31-33(29-37)45-35(39)27-25-23-21-19-14-12-10-8-6-4-2/h15-16,33-34,37-38H,3-14,17-32H2,1-2H3,(H,41,42)/b16-15-. The third-order valence-electron chi connectivity index (χ3n) is 7.98. The molecular weight excluding hydrogens is 623 g/mol. The second-order valence-electron chi connectivity index (χ2n) is 12.6. The molecule has 0 radical (unpaired) electrons. The summed E-state index contributed by atoms with van der Waals surface area (Å²) in [7, 11) is -4.62. The Balaban J connectivity index is 4.00. The molecule has 0 saturated heterocycles. The number of phosphoric acid groups is 1. The maximum atomic E-state index is 12.3. The van der Waals surface area contributed by atoms with Crippen LogP contribution in [0.2, 0.25) is 0 Å². The molecule has 0 rings (SSSR count). The number of rotatable bonds is 35. The predicted molar refractivity (Wildman–Crippen MR) is 187 cm³/mol. The molecule has 0 amide bonds. The number of ether oxygens (including phenoxy) is 2. The van der Waals surface area contributed by atoms with Gasteiger partial charge in [0, 0.05) is 12.8 Å². The lowest BCUT2D eigenvalue weighted by Gasteiger charge is -2.20. The maximum Gasteiger partial charge on any atom is 0.472 e. The van der Waals surface area contributed by atoms with E-state index in [-0.39, 0.29) is 12.8 Å². The number of esters is 2. The molecule has 0 aliphatic rings. The largest absolute Gasteiger partial charge is 0.472 e. The Bertz CT molecular complexity index is 807. The Labute approximate surface area is 286 Å².